The molecule has 1 N–H and O–H groups in total. The molecule has 1 saturated carbocycles. The lowest BCUT2D eigenvalue weighted by atomic mass is 9.95. The summed E-state index contributed by atoms with van der Waals surface area (Å²) >= 11 is 1.52. The van der Waals surface area contributed by atoms with Gasteiger partial charge < -0.3 is 5.32 Å². The van der Waals surface area contributed by atoms with Crippen LogP contribution in [-0.2, 0) is 16.8 Å². The van der Waals surface area contributed by atoms with E-state index in [0.717, 1.165) is 23.4 Å². The zero-order valence-corrected chi connectivity index (χ0v) is 11.0. The molecule has 1 heterocycles. The molecule has 0 bridgehead atoms. The van der Waals surface area contributed by atoms with E-state index >= 15 is 0 Å². The van der Waals surface area contributed by atoms with Crippen molar-refractivity contribution in [1.82, 2.24) is 10.3 Å². The van der Waals surface area contributed by atoms with Crippen LogP contribution in [0.4, 0.5) is 4.39 Å². The Labute approximate surface area is 114 Å². The van der Waals surface area contributed by atoms with Crippen molar-refractivity contribution in [2.24, 2.45) is 0 Å². The van der Waals surface area contributed by atoms with E-state index in [0.29, 0.717) is 6.54 Å². The number of carbonyl (C=O) groups is 1. The minimum atomic E-state index is -0.453. The Balaban J connectivity index is 1.70. The Hall–Kier alpha value is -1.75. The second kappa shape index (κ2) is 4.74. The van der Waals surface area contributed by atoms with Gasteiger partial charge >= 0.3 is 0 Å². The summed E-state index contributed by atoms with van der Waals surface area (Å²) in [5.41, 5.74) is 0.441. The third kappa shape index (κ3) is 2.38. The van der Waals surface area contributed by atoms with Gasteiger partial charge in [-0.05, 0) is 30.5 Å². The van der Waals surface area contributed by atoms with Gasteiger partial charge in [0.2, 0.25) is 5.91 Å². The monoisotopic (exact) mass is 276 g/mol. The van der Waals surface area contributed by atoms with Gasteiger partial charge in [0, 0.05) is 11.6 Å². The molecule has 1 fully saturated rings. The number of halogens is 1. The van der Waals surface area contributed by atoms with Crippen molar-refractivity contribution in [2.75, 3.05) is 0 Å². The Morgan fingerprint density at radius 1 is 1.37 bits per heavy atom. The van der Waals surface area contributed by atoms with E-state index in [1.807, 2.05) is 5.38 Å². The van der Waals surface area contributed by atoms with E-state index in [2.05, 4.69) is 10.3 Å². The lowest BCUT2D eigenvalue weighted by Crippen LogP contribution is -2.34. The number of thiazole rings is 1. The maximum absolute atomic E-state index is 12.9. The summed E-state index contributed by atoms with van der Waals surface area (Å²) in [4.78, 5) is 16.4. The maximum atomic E-state index is 12.9. The second-order valence-corrected chi connectivity index (χ2v) is 5.68. The largest absolute Gasteiger partial charge is 0.349 e. The fourth-order valence-corrected chi connectivity index (χ4v) is 2.76. The van der Waals surface area contributed by atoms with Crippen LogP contribution in [0.3, 0.4) is 0 Å². The highest BCUT2D eigenvalue weighted by molar-refractivity contribution is 7.09. The summed E-state index contributed by atoms with van der Waals surface area (Å²) in [6, 6.07) is 6.21. The van der Waals surface area contributed by atoms with Crippen LogP contribution < -0.4 is 5.32 Å². The average molecular weight is 276 g/mol. The highest BCUT2D eigenvalue weighted by Gasteiger charge is 2.51. The lowest BCUT2D eigenvalue weighted by Gasteiger charge is -2.15. The SMILES string of the molecule is O=C(NCc1nccs1)C1(c2ccc(F)cc2)CC1. The van der Waals surface area contributed by atoms with Gasteiger partial charge in [0.15, 0.2) is 0 Å². The summed E-state index contributed by atoms with van der Waals surface area (Å²) in [5.74, 6) is -0.267. The number of hydrogen-bond acceptors (Lipinski definition) is 3. The molecule has 0 spiro atoms. The van der Waals surface area contributed by atoms with Crippen LogP contribution >= 0.6 is 11.3 Å². The Bertz CT molecular complexity index is 576. The average Bonchev–Trinajstić information content (AvgIpc) is 3.07. The van der Waals surface area contributed by atoms with E-state index in [4.69, 9.17) is 0 Å². The number of benzene rings is 1. The van der Waals surface area contributed by atoms with E-state index in [-0.39, 0.29) is 11.7 Å². The fraction of sp³-hybridized carbons (Fsp3) is 0.286. The smallest absolute Gasteiger partial charge is 0.231 e. The number of rotatable bonds is 4. The van der Waals surface area contributed by atoms with Crippen LogP contribution in [0.15, 0.2) is 35.8 Å². The van der Waals surface area contributed by atoms with Gasteiger partial charge in [0.05, 0.1) is 12.0 Å². The van der Waals surface area contributed by atoms with Gasteiger partial charge in [-0.1, -0.05) is 12.1 Å². The van der Waals surface area contributed by atoms with Crippen LogP contribution in [0.2, 0.25) is 0 Å². The molecule has 3 nitrogen and oxygen atoms in total. The summed E-state index contributed by atoms with van der Waals surface area (Å²) in [6.45, 7) is 0.458. The van der Waals surface area contributed by atoms with Gasteiger partial charge in [0.25, 0.3) is 0 Å². The van der Waals surface area contributed by atoms with Gasteiger partial charge in [-0.2, -0.15) is 0 Å². The van der Waals surface area contributed by atoms with Gasteiger partial charge in [-0.3, -0.25) is 4.79 Å². The van der Waals surface area contributed by atoms with Crippen molar-refractivity contribution >= 4 is 17.2 Å². The van der Waals surface area contributed by atoms with E-state index in [1.54, 1.807) is 18.3 Å². The highest BCUT2D eigenvalue weighted by Crippen LogP contribution is 2.48. The van der Waals surface area contributed by atoms with Crippen molar-refractivity contribution in [2.45, 2.75) is 24.8 Å². The topological polar surface area (TPSA) is 42.0 Å². The first-order valence-electron chi connectivity index (χ1n) is 6.13. The van der Waals surface area contributed by atoms with Crippen molar-refractivity contribution in [1.29, 1.82) is 0 Å². The predicted molar refractivity (Wildman–Crippen MR) is 71.3 cm³/mol. The van der Waals surface area contributed by atoms with Crippen LogP contribution in [-0.4, -0.2) is 10.9 Å². The number of nitrogens with one attached hydrogen (secondary N) is 1. The zero-order chi connectivity index (χ0) is 13.3. The molecular weight excluding hydrogens is 263 g/mol. The van der Waals surface area contributed by atoms with E-state index in [9.17, 15) is 9.18 Å². The molecule has 1 aromatic carbocycles. The number of hydrogen-bond donors (Lipinski definition) is 1. The summed E-state index contributed by atoms with van der Waals surface area (Å²) in [5, 5.41) is 5.69. The molecule has 0 aliphatic heterocycles. The Kier molecular flexibility index (Phi) is 3.06. The van der Waals surface area contributed by atoms with Gasteiger partial charge in [-0.15, -0.1) is 11.3 Å². The highest BCUT2D eigenvalue weighted by atomic mass is 32.1. The number of nitrogens with zero attached hydrogens (tertiary/aromatic N) is 1. The minimum absolute atomic E-state index is 0.00862. The third-order valence-electron chi connectivity index (χ3n) is 3.47. The molecular formula is C14H13FN2OS. The molecule has 1 amide bonds. The van der Waals surface area contributed by atoms with Gasteiger partial charge in [-0.25, -0.2) is 9.37 Å². The zero-order valence-electron chi connectivity index (χ0n) is 10.2. The molecule has 0 saturated heterocycles. The summed E-state index contributed by atoms with van der Waals surface area (Å²) in [7, 11) is 0. The fourth-order valence-electron chi connectivity index (χ4n) is 2.21. The quantitative estimate of drug-likeness (QED) is 0.932. The molecule has 1 aromatic heterocycles. The maximum Gasteiger partial charge on any atom is 0.231 e. The molecule has 3 rings (SSSR count). The number of carbonyl (C=O) groups excluding carboxylic acids is 1. The van der Waals surface area contributed by atoms with E-state index in [1.165, 1.54) is 23.5 Å². The number of aromatic nitrogens is 1. The molecule has 1 aliphatic rings. The summed E-state index contributed by atoms with van der Waals surface area (Å²) < 4.78 is 12.9. The van der Waals surface area contributed by atoms with Crippen LogP contribution in [0.1, 0.15) is 23.4 Å². The second-order valence-electron chi connectivity index (χ2n) is 4.70. The predicted octanol–water partition coefficient (Wildman–Crippen LogP) is 2.63. The first-order chi connectivity index (χ1) is 9.21. The molecule has 1 aliphatic carbocycles. The molecule has 0 radical (unpaired) electrons. The van der Waals surface area contributed by atoms with Gasteiger partial charge in [0.1, 0.15) is 10.8 Å². The normalized spacial score (nSPS) is 16.1. The van der Waals surface area contributed by atoms with Crippen molar-refractivity contribution in [3.63, 3.8) is 0 Å². The molecule has 98 valence electrons. The Morgan fingerprint density at radius 2 is 2.11 bits per heavy atom. The third-order valence-corrected chi connectivity index (χ3v) is 4.24. The standard InChI is InChI=1S/C14H13FN2OS/c15-11-3-1-10(2-4-11)14(5-6-14)13(18)17-9-12-16-7-8-19-12/h1-4,7-8H,5-6,9H2,(H,17,18). The minimum Gasteiger partial charge on any atom is -0.349 e. The van der Waals surface area contributed by atoms with Crippen LogP contribution in [0, 0.1) is 5.82 Å². The van der Waals surface area contributed by atoms with Crippen LogP contribution in [0.25, 0.3) is 0 Å². The first-order valence-corrected chi connectivity index (χ1v) is 7.01. The molecule has 0 unspecified atom stereocenters. The van der Waals surface area contributed by atoms with Crippen molar-refractivity contribution in [3.8, 4) is 0 Å². The number of amides is 1. The first kappa shape index (κ1) is 12.3. The van der Waals surface area contributed by atoms with Crippen molar-refractivity contribution in [3.05, 3.63) is 52.2 Å². The van der Waals surface area contributed by atoms with Crippen molar-refractivity contribution < 1.29 is 9.18 Å². The molecule has 5 heteroatoms. The Morgan fingerprint density at radius 3 is 2.68 bits per heavy atom. The van der Waals surface area contributed by atoms with Crippen LogP contribution in [0.5, 0.6) is 0 Å². The summed E-state index contributed by atoms with van der Waals surface area (Å²) in [6.07, 6.45) is 3.36. The molecule has 0 atom stereocenters. The molecule has 2 aromatic rings. The van der Waals surface area contributed by atoms with E-state index < -0.39 is 5.41 Å². The lowest BCUT2D eigenvalue weighted by molar-refractivity contribution is -0.123. The molecule has 19 heavy (non-hydrogen) atoms.